The number of anilines is 1. The highest BCUT2D eigenvalue weighted by atomic mass is 35.5. The zero-order chi connectivity index (χ0) is 21.9. The average Bonchev–Trinajstić information content (AvgIpc) is 2.71. The summed E-state index contributed by atoms with van der Waals surface area (Å²) in [4.78, 5) is 12.3. The van der Waals surface area contributed by atoms with Gasteiger partial charge in [-0.25, -0.2) is 17.2 Å². The molecule has 3 aromatic rings. The summed E-state index contributed by atoms with van der Waals surface area (Å²) in [5.41, 5.74) is 0.871. The number of benzene rings is 3. The third-order valence-electron chi connectivity index (χ3n) is 4.32. The fourth-order valence-electron chi connectivity index (χ4n) is 2.71. The van der Waals surface area contributed by atoms with Crippen molar-refractivity contribution < 1.29 is 22.0 Å². The summed E-state index contributed by atoms with van der Waals surface area (Å²) >= 11 is 5.80. The Kier molecular flexibility index (Phi) is 6.50. The van der Waals surface area contributed by atoms with Crippen molar-refractivity contribution >= 4 is 33.2 Å². The summed E-state index contributed by atoms with van der Waals surface area (Å²) in [5.74, 6) is -3.12. The van der Waals surface area contributed by atoms with Gasteiger partial charge < -0.3 is 5.32 Å². The molecule has 9 heteroatoms. The van der Waals surface area contributed by atoms with Gasteiger partial charge in [0.15, 0.2) is 11.6 Å². The molecule has 0 saturated heterocycles. The van der Waals surface area contributed by atoms with Crippen molar-refractivity contribution in [2.75, 3.05) is 12.4 Å². The number of hydrogen-bond donors (Lipinski definition) is 1. The first-order valence-electron chi connectivity index (χ1n) is 8.74. The lowest BCUT2D eigenvalue weighted by Crippen LogP contribution is -2.26. The summed E-state index contributed by atoms with van der Waals surface area (Å²) in [5, 5.41) is 2.23. The van der Waals surface area contributed by atoms with Gasteiger partial charge in [-0.15, -0.1) is 0 Å². The van der Waals surface area contributed by atoms with Crippen LogP contribution in [0.2, 0.25) is 5.02 Å². The van der Waals surface area contributed by atoms with E-state index in [2.05, 4.69) is 5.32 Å². The van der Waals surface area contributed by atoms with Crippen LogP contribution in [0.5, 0.6) is 0 Å². The number of nitrogens with zero attached hydrogens (tertiary/aromatic N) is 1. The number of halogens is 3. The lowest BCUT2D eigenvalue weighted by atomic mass is 10.2. The van der Waals surface area contributed by atoms with E-state index in [-0.39, 0.29) is 27.7 Å². The normalized spacial score (nSPS) is 11.5. The van der Waals surface area contributed by atoms with Gasteiger partial charge in [-0.05, 0) is 42.0 Å². The monoisotopic (exact) mass is 450 g/mol. The topological polar surface area (TPSA) is 66.5 Å². The Balaban J connectivity index is 1.74. The first-order valence-corrected chi connectivity index (χ1v) is 10.6. The minimum atomic E-state index is -3.74. The molecule has 3 rings (SSSR count). The standard InChI is InChI=1S/C21H17ClF2N2O3S/c1-26(13-14-5-3-2-4-6-14)30(28,29)16-9-7-15(8-10-16)25-21(27)17-11-19(23)20(24)12-18(17)22/h2-12H,13H2,1H3,(H,25,27). The minimum Gasteiger partial charge on any atom is -0.322 e. The van der Waals surface area contributed by atoms with Crippen molar-refractivity contribution in [1.29, 1.82) is 0 Å². The van der Waals surface area contributed by atoms with E-state index in [1.54, 1.807) is 0 Å². The molecule has 1 amide bonds. The van der Waals surface area contributed by atoms with E-state index in [0.717, 1.165) is 5.56 Å². The van der Waals surface area contributed by atoms with Gasteiger partial charge in [-0.1, -0.05) is 41.9 Å². The predicted molar refractivity (Wildman–Crippen MR) is 111 cm³/mol. The summed E-state index contributed by atoms with van der Waals surface area (Å²) in [6.45, 7) is 0.205. The molecule has 0 heterocycles. The van der Waals surface area contributed by atoms with Crippen molar-refractivity contribution in [2.45, 2.75) is 11.4 Å². The molecule has 5 nitrogen and oxygen atoms in total. The van der Waals surface area contributed by atoms with Crippen LogP contribution < -0.4 is 5.32 Å². The number of nitrogens with one attached hydrogen (secondary N) is 1. The van der Waals surface area contributed by atoms with Gasteiger partial charge in [0, 0.05) is 19.3 Å². The van der Waals surface area contributed by atoms with E-state index in [0.29, 0.717) is 12.1 Å². The van der Waals surface area contributed by atoms with Crippen LogP contribution in [0.1, 0.15) is 15.9 Å². The second-order valence-electron chi connectivity index (χ2n) is 6.47. The first-order chi connectivity index (χ1) is 14.2. The van der Waals surface area contributed by atoms with Gasteiger partial charge in [0.05, 0.1) is 15.5 Å². The number of carbonyl (C=O) groups is 1. The van der Waals surface area contributed by atoms with E-state index >= 15 is 0 Å². The third-order valence-corrected chi connectivity index (χ3v) is 6.45. The van der Waals surface area contributed by atoms with Crippen LogP contribution in [0, 0.1) is 11.6 Å². The summed E-state index contributed by atoms with van der Waals surface area (Å²) in [6.07, 6.45) is 0. The highest BCUT2D eigenvalue weighted by Gasteiger charge is 2.21. The maximum absolute atomic E-state index is 13.4. The molecule has 0 aliphatic heterocycles. The molecule has 0 spiro atoms. The van der Waals surface area contributed by atoms with Gasteiger partial charge in [0.25, 0.3) is 5.91 Å². The lowest BCUT2D eigenvalue weighted by molar-refractivity contribution is 0.102. The molecule has 0 aliphatic rings. The largest absolute Gasteiger partial charge is 0.322 e. The third kappa shape index (κ3) is 4.84. The molecule has 1 N–H and O–H groups in total. The molecular weight excluding hydrogens is 434 g/mol. The SMILES string of the molecule is CN(Cc1ccccc1)S(=O)(=O)c1ccc(NC(=O)c2cc(F)c(F)cc2Cl)cc1. The number of sulfonamides is 1. The molecule has 0 aliphatic carbocycles. The van der Waals surface area contributed by atoms with Crippen LogP contribution >= 0.6 is 11.6 Å². The molecule has 156 valence electrons. The van der Waals surface area contributed by atoms with Gasteiger partial charge in [-0.3, -0.25) is 4.79 Å². The van der Waals surface area contributed by atoms with Crippen LogP contribution in [0.3, 0.4) is 0 Å². The Morgan fingerprint density at radius 2 is 1.60 bits per heavy atom. The minimum absolute atomic E-state index is 0.0461. The van der Waals surface area contributed by atoms with Gasteiger partial charge in [0.2, 0.25) is 10.0 Å². The Morgan fingerprint density at radius 1 is 1.00 bits per heavy atom. The summed E-state index contributed by atoms with van der Waals surface area (Å²) in [7, 11) is -2.27. The number of carbonyl (C=O) groups excluding carboxylic acids is 1. The summed E-state index contributed by atoms with van der Waals surface area (Å²) < 4.78 is 53.3. The van der Waals surface area contributed by atoms with Gasteiger partial charge >= 0.3 is 0 Å². The second kappa shape index (κ2) is 8.91. The first kappa shape index (κ1) is 21.9. The van der Waals surface area contributed by atoms with E-state index < -0.39 is 27.6 Å². The van der Waals surface area contributed by atoms with Gasteiger partial charge in [-0.2, -0.15) is 4.31 Å². The number of amides is 1. The smallest absolute Gasteiger partial charge is 0.257 e. The molecule has 3 aromatic carbocycles. The van der Waals surface area contributed by atoms with Gasteiger partial charge in [0.1, 0.15) is 0 Å². The van der Waals surface area contributed by atoms with Crippen molar-refractivity contribution in [3.05, 3.63) is 94.5 Å². The molecule has 30 heavy (non-hydrogen) atoms. The van der Waals surface area contributed by atoms with Crippen molar-refractivity contribution in [3.8, 4) is 0 Å². The Hall–Kier alpha value is -2.81. The molecule has 0 radical (unpaired) electrons. The van der Waals surface area contributed by atoms with E-state index in [9.17, 15) is 22.0 Å². The quantitative estimate of drug-likeness (QED) is 0.554. The lowest BCUT2D eigenvalue weighted by Gasteiger charge is -2.17. The van der Waals surface area contributed by atoms with Crippen LogP contribution in [0.4, 0.5) is 14.5 Å². The Morgan fingerprint density at radius 3 is 2.23 bits per heavy atom. The predicted octanol–water partition coefficient (Wildman–Crippen LogP) is 4.69. The van der Waals surface area contributed by atoms with Crippen molar-refractivity contribution in [3.63, 3.8) is 0 Å². The fraction of sp³-hybridized carbons (Fsp3) is 0.0952. The van der Waals surface area contributed by atoms with Crippen LogP contribution in [0.15, 0.2) is 71.6 Å². The number of hydrogen-bond acceptors (Lipinski definition) is 3. The Bertz CT molecular complexity index is 1170. The molecular formula is C21H17ClF2N2O3S. The highest BCUT2D eigenvalue weighted by molar-refractivity contribution is 7.89. The molecule has 0 fully saturated rings. The molecule has 0 atom stereocenters. The fourth-order valence-corrected chi connectivity index (χ4v) is 4.11. The summed E-state index contributed by atoms with van der Waals surface area (Å²) in [6, 6.07) is 16.1. The van der Waals surface area contributed by atoms with Crippen LogP contribution in [0.25, 0.3) is 0 Å². The maximum Gasteiger partial charge on any atom is 0.257 e. The Labute approximate surface area is 178 Å². The second-order valence-corrected chi connectivity index (χ2v) is 8.92. The molecule has 0 saturated carbocycles. The maximum atomic E-state index is 13.4. The van der Waals surface area contributed by atoms with Crippen molar-refractivity contribution in [1.82, 2.24) is 4.31 Å². The number of rotatable bonds is 6. The van der Waals surface area contributed by atoms with E-state index in [1.807, 2.05) is 30.3 Å². The molecule has 0 unspecified atom stereocenters. The van der Waals surface area contributed by atoms with Crippen molar-refractivity contribution in [2.24, 2.45) is 0 Å². The zero-order valence-corrected chi connectivity index (χ0v) is 17.3. The highest BCUT2D eigenvalue weighted by Crippen LogP contribution is 2.23. The van der Waals surface area contributed by atoms with Crippen LogP contribution in [-0.4, -0.2) is 25.7 Å². The zero-order valence-electron chi connectivity index (χ0n) is 15.8. The molecule has 0 bridgehead atoms. The average molecular weight is 451 g/mol. The van der Waals surface area contributed by atoms with E-state index in [4.69, 9.17) is 11.6 Å². The van der Waals surface area contributed by atoms with E-state index in [1.165, 1.54) is 35.6 Å². The van der Waals surface area contributed by atoms with Crippen LogP contribution in [-0.2, 0) is 16.6 Å². The molecule has 0 aromatic heterocycles.